The highest BCUT2D eigenvalue weighted by Gasteiger charge is 2.25. The largest absolute Gasteiger partial charge is 0.481 e. The second-order valence-corrected chi connectivity index (χ2v) is 6.20. The maximum Gasteiger partial charge on any atom is 0.307 e. The highest BCUT2D eigenvalue weighted by atomic mass is 35.5. The van der Waals surface area contributed by atoms with Gasteiger partial charge in [-0.2, -0.15) is 0 Å². The summed E-state index contributed by atoms with van der Waals surface area (Å²) in [6.07, 6.45) is 0.490. The molecular formula is C14H18Cl3NO2. The zero-order chi connectivity index (χ0) is 15.4. The second-order valence-electron chi connectivity index (χ2n) is 5.04. The van der Waals surface area contributed by atoms with Crippen molar-refractivity contribution in [1.82, 2.24) is 0 Å². The van der Waals surface area contributed by atoms with E-state index in [0.717, 1.165) is 5.56 Å². The Morgan fingerprint density at radius 3 is 2.35 bits per heavy atom. The molecule has 3 atom stereocenters. The molecule has 0 aliphatic carbocycles. The first-order valence-electron chi connectivity index (χ1n) is 6.35. The van der Waals surface area contributed by atoms with Crippen LogP contribution in [-0.2, 0) is 4.79 Å². The van der Waals surface area contributed by atoms with Crippen LogP contribution in [0.2, 0.25) is 15.1 Å². The third-order valence-corrected chi connectivity index (χ3v) is 5.01. The maximum atomic E-state index is 11.0. The van der Waals surface area contributed by atoms with Gasteiger partial charge in [-0.3, -0.25) is 4.79 Å². The molecule has 0 fully saturated rings. The van der Waals surface area contributed by atoms with Gasteiger partial charge in [0.1, 0.15) is 0 Å². The predicted molar refractivity (Wildman–Crippen MR) is 83.8 cm³/mol. The quantitative estimate of drug-likeness (QED) is 0.754. The Labute approximate surface area is 134 Å². The average molecular weight is 339 g/mol. The van der Waals surface area contributed by atoms with Crippen LogP contribution in [0.25, 0.3) is 0 Å². The van der Waals surface area contributed by atoms with Crippen molar-refractivity contribution in [3.05, 3.63) is 32.8 Å². The Kier molecular flexibility index (Phi) is 6.59. The molecule has 1 aromatic carbocycles. The number of nitrogens with two attached hydrogens (primary N) is 1. The molecule has 6 heteroatoms. The molecule has 0 saturated heterocycles. The molecule has 0 aliphatic heterocycles. The number of benzene rings is 1. The van der Waals surface area contributed by atoms with E-state index < -0.39 is 11.9 Å². The van der Waals surface area contributed by atoms with Gasteiger partial charge in [0.25, 0.3) is 0 Å². The fraction of sp³-hybridized carbons (Fsp3) is 0.500. The lowest BCUT2D eigenvalue weighted by atomic mass is 9.83. The highest BCUT2D eigenvalue weighted by Crippen LogP contribution is 2.39. The van der Waals surface area contributed by atoms with E-state index in [9.17, 15) is 4.79 Å². The van der Waals surface area contributed by atoms with E-state index in [1.165, 1.54) is 0 Å². The number of aliphatic carboxylic acids is 1. The van der Waals surface area contributed by atoms with Gasteiger partial charge in [-0.15, -0.1) is 0 Å². The zero-order valence-electron chi connectivity index (χ0n) is 11.4. The lowest BCUT2D eigenvalue weighted by Crippen LogP contribution is -2.26. The summed E-state index contributed by atoms with van der Waals surface area (Å²) >= 11 is 18.2. The monoisotopic (exact) mass is 337 g/mol. The lowest BCUT2D eigenvalue weighted by Gasteiger charge is -2.24. The minimum Gasteiger partial charge on any atom is -0.481 e. The first kappa shape index (κ1) is 17.6. The standard InChI is InChI=1S/C14H18Cl3NO2/c1-7(5-9(6-18)14(19)20)8(2)10-3-4-11(15)13(17)12(10)16/h3-4,7-9H,5-6,18H2,1-2H3,(H,19,20). The molecule has 1 rings (SSSR count). The van der Waals surface area contributed by atoms with Crippen LogP contribution in [0.3, 0.4) is 0 Å². The van der Waals surface area contributed by atoms with Crippen LogP contribution in [0.1, 0.15) is 31.7 Å². The van der Waals surface area contributed by atoms with Gasteiger partial charge in [-0.05, 0) is 29.9 Å². The summed E-state index contributed by atoms with van der Waals surface area (Å²) in [7, 11) is 0. The molecule has 112 valence electrons. The minimum atomic E-state index is -0.869. The molecule has 0 heterocycles. The molecule has 0 spiro atoms. The second kappa shape index (κ2) is 7.51. The average Bonchev–Trinajstić information content (AvgIpc) is 2.41. The summed E-state index contributed by atoms with van der Waals surface area (Å²) in [6, 6.07) is 3.53. The number of carboxylic acids is 1. The van der Waals surface area contributed by atoms with Crippen LogP contribution in [0, 0.1) is 11.8 Å². The molecule has 0 saturated carbocycles. The minimum absolute atomic E-state index is 0.0608. The van der Waals surface area contributed by atoms with E-state index in [1.54, 1.807) is 6.07 Å². The SMILES string of the molecule is CC(CC(CN)C(=O)O)C(C)c1ccc(Cl)c(Cl)c1Cl. The van der Waals surface area contributed by atoms with Gasteiger partial charge in [0, 0.05) is 6.54 Å². The Morgan fingerprint density at radius 1 is 1.25 bits per heavy atom. The molecule has 20 heavy (non-hydrogen) atoms. The zero-order valence-corrected chi connectivity index (χ0v) is 13.6. The van der Waals surface area contributed by atoms with Crippen molar-refractivity contribution >= 4 is 40.8 Å². The molecular weight excluding hydrogens is 321 g/mol. The topological polar surface area (TPSA) is 63.3 Å². The Bertz CT molecular complexity index is 494. The Hall–Kier alpha value is -0.480. The predicted octanol–water partition coefficient (Wildman–Crippen LogP) is 4.44. The van der Waals surface area contributed by atoms with Crippen molar-refractivity contribution < 1.29 is 9.90 Å². The number of carbonyl (C=O) groups is 1. The first-order valence-corrected chi connectivity index (χ1v) is 7.49. The van der Waals surface area contributed by atoms with Crippen molar-refractivity contribution in [3.63, 3.8) is 0 Å². The number of rotatable bonds is 6. The lowest BCUT2D eigenvalue weighted by molar-refractivity contribution is -0.142. The fourth-order valence-electron chi connectivity index (χ4n) is 2.15. The van der Waals surface area contributed by atoms with Crippen LogP contribution in [0.4, 0.5) is 0 Å². The van der Waals surface area contributed by atoms with Gasteiger partial charge in [-0.1, -0.05) is 54.7 Å². The van der Waals surface area contributed by atoms with E-state index in [2.05, 4.69) is 0 Å². The summed E-state index contributed by atoms with van der Waals surface area (Å²) in [6.45, 7) is 4.10. The van der Waals surface area contributed by atoms with Crippen molar-refractivity contribution in [1.29, 1.82) is 0 Å². The van der Waals surface area contributed by atoms with Crippen molar-refractivity contribution in [2.75, 3.05) is 6.54 Å². The Balaban J connectivity index is 2.92. The van der Waals surface area contributed by atoms with Gasteiger partial charge < -0.3 is 10.8 Å². The Morgan fingerprint density at radius 2 is 1.85 bits per heavy atom. The van der Waals surface area contributed by atoms with Crippen LogP contribution in [-0.4, -0.2) is 17.6 Å². The van der Waals surface area contributed by atoms with E-state index in [4.69, 9.17) is 45.6 Å². The molecule has 0 aromatic heterocycles. The third-order valence-electron chi connectivity index (χ3n) is 3.70. The highest BCUT2D eigenvalue weighted by molar-refractivity contribution is 6.48. The molecule has 0 radical (unpaired) electrons. The summed E-state index contributed by atoms with van der Waals surface area (Å²) in [5, 5.41) is 10.2. The normalized spacial score (nSPS) is 15.7. The third kappa shape index (κ3) is 4.01. The summed E-state index contributed by atoms with van der Waals surface area (Å²) in [5.74, 6) is -1.25. The molecule has 3 unspecified atom stereocenters. The van der Waals surface area contributed by atoms with Crippen LogP contribution in [0.5, 0.6) is 0 Å². The van der Waals surface area contributed by atoms with Gasteiger partial charge >= 0.3 is 5.97 Å². The van der Waals surface area contributed by atoms with Gasteiger partial charge in [-0.25, -0.2) is 0 Å². The molecule has 1 aromatic rings. The molecule has 0 bridgehead atoms. The number of carboxylic acid groups (broad SMARTS) is 1. The van der Waals surface area contributed by atoms with E-state index in [1.807, 2.05) is 19.9 Å². The van der Waals surface area contributed by atoms with E-state index in [0.29, 0.717) is 21.5 Å². The van der Waals surface area contributed by atoms with Crippen LogP contribution >= 0.6 is 34.8 Å². The van der Waals surface area contributed by atoms with Gasteiger partial charge in [0.2, 0.25) is 0 Å². The first-order chi connectivity index (χ1) is 9.29. The van der Waals surface area contributed by atoms with Crippen LogP contribution < -0.4 is 5.73 Å². The molecule has 0 amide bonds. The summed E-state index contributed by atoms with van der Waals surface area (Å²) in [5.41, 5.74) is 6.36. The number of hydrogen-bond acceptors (Lipinski definition) is 2. The smallest absolute Gasteiger partial charge is 0.307 e. The molecule has 3 N–H and O–H groups in total. The summed E-state index contributed by atoms with van der Waals surface area (Å²) < 4.78 is 0. The van der Waals surface area contributed by atoms with E-state index in [-0.39, 0.29) is 18.4 Å². The molecule has 0 aliphatic rings. The fourth-order valence-corrected chi connectivity index (χ4v) is 2.86. The number of hydrogen-bond donors (Lipinski definition) is 2. The number of halogens is 3. The molecule has 3 nitrogen and oxygen atoms in total. The van der Waals surface area contributed by atoms with Gasteiger partial charge in [0.05, 0.1) is 21.0 Å². The maximum absolute atomic E-state index is 11.0. The summed E-state index contributed by atoms with van der Waals surface area (Å²) in [4.78, 5) is 11.0. The van der Waals surface area contributed by atoms with Crippen molar-refractivity contribution in [3.8, 4) is 0 Å². The van der Waals surface area contributed by atoms with Gasteiger partial charge in [0.15, 0.2) is 0 Å². The van der Waals surface area contributed by atoms with E-state index >= 15 is 0 Å². The van der Waals surface area contributed by atoms with Crippen molar-refractivity contribution in [2.24, 2.45) is 17.6 Å². The van der Waals surface area contributed by atoms with Crippen LogP contribution in [0.15, 0.2) is 12.1 Å². The van der Waals surface area contributed by atoms with Crippen molar-refractivity contribution in [2.45, 2.75) is 26.2 Å².